The third-order valence-corrected chi connectivity index (χ3v) is 6.63. The number of fused-ring (bicyclic) bond motifs is 2. The first kappa shape index (κ1) is 21.5. The molecular formula is C23H28F2N8. The molecule has 0 amide bonds. The van der Waals surface area contributed by atoms with E-state index >= 15 is 4.39 Å². The van der Waals surface area contributed by atoms with Gasteiger partial charge in [-0.3, -0.25) is 0 Å². The third-order valence-electron chi connectivity index (χ3n) is 6.63. The molecule has 33 heavy (non-hydrogen) atoms. The van der Waals surface area contributed by atoms with Crippen LogP contribution in [-0.4, -0.2) is 41.8 Å². The number of rotatable bonds is 5. The second kappa shape index (κ2) is 7.93. The van der Waals surface area contributed by atoms with Crippen molar-refractivity contribution < 1.29 is 8.78 Å². The summed E-state index contributed by atoms with van der Waals surface area (Å²) in [6, 6.07) is 3.69. The van der Waals surface area contributed by atoms with E-state index < -0.39 is 12.5 Å². The van der Waals surface area contributed by atoms with Gasteiger partial charge in [0.1, 0.15) is 23.5 Å². The van der Waals surface area contributed by atoms with Crippen LogP contribution in [0.25, 0.3) is 27.9 Å². The SMILES string of the molecule is Cc1nc2ccc(-c3c(F)cn4nc(NC5CCC(C)(C)CC5)nc(N)c34)nc2n1CCF. The van der Waals surface area contributed by atoms with E-state index in [0.717, 1.165) is 25.7 Å². The second-order valence-corrected chi connectivity index (χ2v) is 9.59. The number of nitrogens with one attached hydrogen (secondary N) is 1. The lowest BCUT2D eigenvalue weighted by atomic mass is 9.76. The Hall–Kier alpha value is -3.30. The molecule has 10 heteroatoms. The summed E-state index contributed by atoms with van der Waals surface area (Å²) in [7, 11) is 0. The van der Waals surface area contributed by atoms with Gasteiger partial charge < -0.3 is 15.6 Å². The standard InChI is InChI=1S/C23H28F2N8/c1-13-27-17-5-4-16(29-21(17)32(13)11-10-24)18-15(25)12-33-19(18)20(26)30-22(31-33)28-14-6-8-23(2,3)9-7-14/h4-5,12,14H,6-11H2,1-3H3,(H3,26,28,30,31). The highest BCUT2D eigenvalue weighted by molar-refractivity contribution is 5.89. The van der Waals surface area contributed by atoms with E-state index in [-0.39, 0.29) is 24.0 Å². The van der Waals surface area contributed by atoms with Crippen molar-refractivity contribution in [1.82, 2.24) is 29.1 Å². The van der Waals surface area contributed by atoms with Gasteiger partial charge in [-0.15, -0.1) is 5.10 Å². The average molecular weight is 455 g/mol. The van der Waals surface area contributed by atoms with Crippen LogP contribution in [0.4, 0.5) is 20.5 Å². The number of alkyl halides is 1. The summed E-state index contributed by atoms with van der Waals surface area (Å²) in [5.74, 6) is 0.691. The first-order valence-corrected chi connectivity index (χ1v) is 11.3. The lowest BCUT2D eigenvalue weighted by Crippen LogP contribution is -2.30. The molecule has 5 rings (SSSR count). The third kappa shape index (κ3) is 3.87. The van der Waals surface area contributed by atoms with Crippen LogP contribution in [0.5, 0.6) is 0 Å². The molecule has 0 radical (unpaired) electrons. The van der Waals surface area contributed by atoms with Crippen molar-refractivity contribution in [2.24, 2.45) is 5.41 Å². The zero-order valence-corrected chi connectivity index (χ0v) is 19.1. The number of anilines is 2. The summed E-state index contributed by atoms with van der Waals surface area (Å²) in [6.45, 7) is 5.95. The molecular weight excluding hydrogens is 426 g/mol. The van der Waals surface area contributed by atoms with E-state index in [1.54, 1.807) is 23.6 Å². The molecule has 3 N–H and O–H groups in total. The molecule has 8 nitrogen and oxygen atoms in total. The van der Waals surface area contributed by atoms with Crippen LogP contribution in [0.15, 0.2) is 18.3 Å². The molecule has 1 saturated carbocycles. The lowest BCUT2D eigenvalue weighted by molar-refractivity contribution is 0.232. The predicted molar refractivity (Wildman–Crippen MR) is 124 cm³/mol. The molecule has 174 valence electrons. The Morgan fingerprint density at radius 1 is 1.18 bits per heavy atom. The lowest BCUT2D eigenvalue weighted by Gasteiger charge is -2.34. The minimum atomic E-state index is -0.545. The maximum Gasteiger partial charge on any atom is 0.243 e. The second-order valence-electron chi connectivity index (χ2n) is 9.59. The summed E-state index contributed by atoms with van der Waals surface area (Å²) in [5.41, 5.74) is 8.69. The summed E-state index contributed by atoms with van der Waals surface area (Å²) in [6.07, 6.45) is 5.58. The summed E-state index contributed by atoms with van der Waals surface area (Å²) in [4.78, 5) is 13.4. The maximum atomic E-state index is 15.1. The zero-order chi connectivity index (χ0) is 23.3. The molecule has 1 aliphatic carbocycles. The van der Waals surface area contributed by atoms with Crippen molar-refractivity contribution in [3.05, 3.63) is 30.0 Å². The Morgan fingerprint density at radius 3 is 2.67 bits per heavy atom. The van der Waals surface area contributed by atoms with Gasteiger partial charge in [0.25, 0.3) is 0 Å². The van der Waals surface area contributed by atoms with Crippen LogP contribution in [0.2, 0.25) is 0 Å². The normalized spacial score (nSPS) is 16.6. The van der Waals surface area contributed by atoms with Gasteiger partial charge in [0.05, 0.1) is 24.0 Å². The number of imidazole rings is 1. The molecule has 0 saturated heterocycles. The van der Waals surface area contributed by atoms with Gasteiger partial charge in [0.15, 0.2) is 17.3 Å². The Bertz CT molecular complexity index is 1330. The zero-order valence-electron chi connectivity index (χ0n) is 19.1. The van der Waals surface area contributed by atoms with Gasteiger partial charge in [0.2, 0.25) is 5.95 Å². The highest BCUT2D eigenvalue weighted by atomic mass is 19.1. The topological polar surface area (TPSA) is 98.9 Å². The number of nitrogens with two attached hydrogens (primary N) is 1. The summed E-state index contributed by atoms with van der Waals surface area (Å²) < 4.78 is 31.2. The van der Waals surface area contributed by atoms with Crippen molar-refractivity contribution in [3.8, 4) is 11.3 Å². The fraction of sp³-hybridized carbons (Fsp3) is 0.478. The van der Waals surface area contributed by atoms with Crippen molar-refractivity contribution in [1.29, 1.82) is 0 Å². The van der Waals surface area contributed by atoms with Gasteiger partial charge in [0, 0.05) is 6.04 Å². The quantitative estimate of drug-likeness (QED) is 0.460. The maximum absolute atomic E-state index is 15.1. The number of pyridine rings is 1. The summed E-state index contributed by atoms with van der Waals surface area (Å²) >= 11 is 0. The van der Waals surface area contributed by atoms with E-state index in [2.05, 4.69) is 39.2 Å². The van der Waals surface area contributed by atoms with E-state index in [0.29, 0.717) is 39.6 Å². The van der Waals surface area contributed by atoms with Crippen LogP contribution >= 0.6 is 0 Å². The largest absolute Gasteiger partial charge is 0.382 e. The van der Waals surface area contributed by atoms with Crippen LogP contribution in [0, 0.1) is 18.2 Å². The molecule has 0 aliphatic heterocycles. The van der Waals surface area contributed by atoms with Crippen LogP contribution in [0.1, 0.15) is 45.4 Å². The minimum Gasteiger partial charge on any atom is -0.382 e. The molecule has 0 unspecified atom stereocenters. The van der Waals surface area contributed by atoms with Gasteiger partial charge in [-0.2, -0.15) is 4.98 Å². The predicted octanol–water partition coefficient (Wildman–Crippen LogP) is 4.52. The minimum absolute atomic E-state index is 0.135. The van der Waals surface area contributed by atoms with Crippen molar-refractivity contribution in [2.45, 2.75) is 59.0 Å². The molecule has 0 bridgehead atoms. The van der Waals surface area contributed by atoms with Gasteiger partial charge in [-0.1, -0.05) is 13.8 Å². The van der Waals surface area contributed by atoms with Gasteiger partial charge in [-0.25, -0.2) is 23.3 Å². The molecule has 4 aromatic rings. The van der Waals surface area contributed by atoms with E-state index in [4.69, 9.17) is 5.73 Å². The van der Waals surface area contributed by atoms with E-state index in [9.17, 15) is 4.39 Å². The Balaban J connectivity index is 1.52. The Morgan fingerprint density at radius 2 is 1.94 bits per heavy atom. The fourth-order valence-corrected chi connectivity index (χ4v) is 4.72. The average Bonchev–Trinajstić information content (AvgIpc) is 3.25. The van der Waals surface area contributed by atoms with Gasteiger partial charge in [-0.05, 0) is 50.2 Å². The molecule has 0 atom stereocenters. The van der Waals surface area contributed by atoms with Crippen LogP contribution in [-0.2, 0) is 6.54 Å². The molecule has 1 fully saturated rings. The smallest absolute Gasteiger partial charge is 0.243 e. The molecule has 4 aromatic heterocycles. The number of aryl methyl sites for hydroxylation is 2. The van der Waals surface area contributed by atoms with Crippen molar-refractivity contribution in [3.63, 3.8) is 0 Å². The van der Waals surface area contributed by atoms with Crippen LogP contribution < -0.4 is 11.1 Å². The molecule has 1 aliphatic rings. The fourth-order valence-electron chi connectivity index (χ4n) is 4.72. The Labute approximate surface area is 190 Å². The van der Waals surface area contributed by atoms with Gasteiger partial charge >= 0.3 is 0 Å². The molecule has 0 spiro atoms. The Kier molecular flexibility index (Phi) is 5.18. The summed E-state index contributed by atoms with van der Waals surface area (Å²) in [5, 5.41) is 7.83. The van der Waals surface area contributed by atoms with Crippen molar-refractivity contribution in [2.75, 3.05) is 17.7 Å². The number of aromatic nitrogens is 6. The number of halogens is 2. The highest BCUT2D eigenvalue weighted by Crippen LogP contribution is 2.36. The van der Waals surface area contributed by atoms with E-state index in [1.165, 1.54) is 10.7 Å². The number of hydrogen-bond acceptors (Lipinski definition) is 6. The van der Waals surface area contributed by atoms with E-state index in [1.807, 2.05) is 0 Å². The first-order valence-electron chi connectivity index (χ1n) is 11.3. The number of hydrogen-bond donors (Lipinski definition) is 2. The van der Waals surface area contributed by atoms with Crippen LogP contribution in [0.3, 0.4) is 0 Å². The van der Waals surface area contributed by atoms with Crippen molar-refractivity contribution >= 4 is 28.4 Å². The first-order chi connectivity index (χ1) is 15.8. The molecule has 0 aromatic carbocycles. The number of nitrogens with zero attached hydrogens (tertiary/aromatic N) is 6. The molecule has 4 heterocycles. The highest BCUT2D eigenvalue weighted by Gasteiger charge is 2.27. The monoisotopic (exact) mass is 454 g/mol. The number of nitrogen functional groups attached to an aromatic ring is 1.